The Morgan fingerprint density at radius 2 is 1.93 bits per heavy atom. The Kier molecular flexibility index (Phi) is 5.20. The fourth-order valence-corrected chi connectivity index (χ4v) is 4.86. The summed E-state index contributed by atoms with van der Waals surface area (Å²) in [4.78, 5) is 1.99. The molecule has 27 heavy (non-hydrogen) atoms. The minimum Gasteiger partial charge on any atom is -0.383 e. The second-order valence-corrected chi connectivity index (χ2v) is 8.29. The fourth-order valence-electron chi connectivity index (χ4n) is 3.61. The largest absolute Gasteiger partial charge is 0.415 e. The minimum atomic E-state index is -4.68. The van der Waals surface area contributed by atoms with Gasteiger partial charge < -0.3 is 10.0 Å². The van der Waals surface area contributed by atoms with E-state index in [1.807, 2.05) is 4.90 Å². The van der Waals surface area contributed by atoms with E-state index in [0.29, 0.717) is 11.3 Å². The highest BCUT2D eigenvalue weighted by Crippen LogP contribution is 2.49. The molecule has 1 aromatic rings. The van der Waals surface area contributed by atoms with Crippen LogP contribution in [-0.2, 0) is 0 Å². The molecule has 0 radical (unpaired) electrons. The highest BCUT2D eigenvalue weighted by molar-refractivity contribution is 7.99. The van der Waals surface area contributed by atoms with Crippen LogP contribution in [0.3, 0.4) is 0 Å². The van der Waals surface area contributed by atoms with Crippen molar-refractivity contribution in [2.24, 2.45) is 5.41 Å². The van der Waals surface area contributed by atoms with Crippen molar-refractivity contribution in [1.82, 2.24) is 4.90 Å². The van der Waals surface area contributed by atoms with Gasteiger partial charge in [-0.25, -0.2) is 4.39 Å². The SMILES string of the molecule is C=C1CSC(c2ccc(F)cc2)N1C1=CCC(C)(C(O)C(F)(F)F)C=C1C. The molecule has 2 nitrogen and oxygen atoms in total. The van der Waals surface area contributed by atoms with E-state index in [1.165, 1.54) is 25.1 Å². The zero-order valence-corrected chi connectivity index (χ0v) is 15.9. The van der Waals surface area contributed by atoms with Crippen molar-refractivity contribution in [2.45, 2.75) is 37.9 Å². The number of aliphatic hydroxyl groups is 1. The van der Waals surface area contributed by atoms with Crippen molar-refractivity contribution >= 4 is 11.8 Å². The molecule has 3 atom stereocenters. The number of benzene rings is 1. The van der Waals surface area contributed by atoms with Crippen LogP contribution in [0.5, 0.6) is 0 Å². The maximum atomic E-state index is 13.2. The zero-order chi connectivity index (χ0) is 20.0. The Labute approximate surface area is 160 Å². The maximum absolute atomic E-state index is 13.2. The molecule has 0 aromatic heterocycles. The van der Waals surface area contributed by atoms with Gasteiger partial charge in [-0.15, -0.1) is 11.8 Å². The molecule has 1 aliphatic carbocycles. The van der Waals surface area contributed by atoms with Gasteiger partial charge in [-0.1, -0.05) is 37.8 Å². The van der Waals surface area contributed by atoms with Gasteiger partial charge in [0.15, 0.2) is 6.10 Å². The quantitative estimate of drug-likeness (QED) is 0.674. The van der Waals surface area contributed by atoms with Crippen molar-refractivity contribution in [1.29, 1.82) is 0 Å². The zero-order valence-electron chi connectivity index (χ0n) is 15.1. The Bertz CT molecular complexity index is 799. The summed E-state index contributed by atoms with van der Waals surface area (Å²) in [6.45, 7) is 7.23. The number of hydrogen-bond acceptors (Lipinski definition) is 3. The van der Waals surface area contributed by atoms with Gasteiger partial charge in [0.2, 0.25) is 0 Å². The molecule has 1 fully saturated rings. The molecule has 146 valence electrons. The van der Waals surface area contributed by atoms with E-state index in [1.54, 1.807) is 36.9 Å². The topological polar surface area (TPSA) is 23.5 Å². The predicted octanol–water partition coefficient (Wildman–Crippen LogP) is 5.55. The molecular formula is C20H21F4NOS. The van der Waals surface area contributed by atoms with Crippen molar-refractivity contribution in [3.63, 3.8) is 0 Å². The lowest BCUT2D eigenvalue weighted by Crippen LogP contribution is -2.43. The lowest BCUT2D eigenvalue weighted by Gasteiger charge is -2.38. The summed E-state index contributed by atoms with van der Waals surface area (Å²) in [6.07, 6.45) is -3.82. The van der Waals surface area contributed by atoms with E-state index in [0.717, 1.165) is 17.0 Å². The first-order chi connectivity index (χ1) is 12.5. The van der Waals surface area contributed by atoms with E-state index in [9.17, 15) is 22.7 Å². The number of hydrogen-bond donors (Lipinski definition) is 1. The molecule has 1 heterocycles. The van der Waals surface area contributed by atoms with E-state index >= 15 is 0 Å². The summed E-state index contributed by atoms with van der Waals surface area (Å²) >= 11 is 1.63. The van der Waals surface area contributed by atoms with Gasteiger partial charge in [-0.2, -0.15) is 13.2 Å². The van der Waals surface area contributed by atoms with Crippen molar-refractivity contribution in [3.05, 3.63) is 71.3 Å². The monoisotopic (exact) mass is 399 g/mol. The highest BCUT2D eigenvalue weighted by atomic mass is 32.2. The maximum Gasteiger partial charge on any atom is 0.415 e. The Morgan fingerprint density at radius 1 is 1.30 bits per heavy atom. The summed E-state index contributed by atoms with van der Waals surface area (Å²) in [6, 6.07) is 6.20. The molecule has 1 aromatic carbocycles. The summed E-state index contributed by atoms with van der Waals surface area (Å²) in [5.41, 5.74) is 1.77. The molecule has 2 aliphatic rings. The first-order valence-corrected chi connectivity index (χ1v) is 9.56. The van der Waals surface area contributed by atoms with Gasteiger partial charge in [0.1, 0.15) is 11.2 Å². The molecular weight excluding hydrogens is 378 g/mol. The standard InChI is InChI=1S/C20H21F4NOS/c1-12-10-19(3,18(26)20(22,23)24)9-8-16(12)25-13(2)11-27-17(25)14-4-6-15(21)7-5-14/h4-8,10,17-18,26H,2,9,11H2,1,3H3. The Morgan fingerprint density at radius 3 is 2.48 bits per heavy atom. The average Bonchev–Trinajstić information content (AvgIpc) is 2.96. The lowest BCUT2D eigenvalue weighted by molar-refractivity contribution is -0.229. The third kappa shape index (κ3) is 3.80. The summed E-state index contributed by atoms with van der Waals surface area (Å²) in [5.74, 6) is 0.353. The number of rotatable bonds is 3. The van der Waals surface area contributed by atoms with Crippen LogP contribution in [0, 0.1) is 11.2 Å². The van der Waals surface area contributed by atoms with E-state index < -0.39 is 17.7 Å². The highest BCUT2D eigenvalue weighted by Gasteiger charge is 2.50. The number of aliphatic hydroxyl groups excluding tert-OH is 1. The van der Waals surface area contributed by atoms with Crippen LogP contribution in [0.25, 0.3) is 0 Å². The van der Waals surface area contributed by atoms with Crippen molar-refractivity contribution in [3.8, 4) is 0 Å². The van der Waals surface area contributed by atoms with Crippen LogP contribution in [0.4, 0.5) is 17.6 Å². The lowest BCUT2D eigenvalue weighted by atomic mass is 9.75. The summed E-state index contributed by atoms with van der Waals surface area (Å²) in [7, 11) is 0. The smallest absolute Gasteiger partial charge is 0.383 e. The van der Waals surface area contributed by atoms with Gasteiger partial charge in [0.25, 0.3) is 0 Å². The van der Waals surface area contributed by atoms with Gasteiger partial charge in [-0.05, 0) is 36.6 Å². The fraction of sp³-hybridized carbons (Fsp3) is 0.400. The van der Waals surface area contributed by atoms with Crippen LogP contribution in [0.1, 0.15) is 31.2 Å². The molecule has 1 saturated heterocycles. The summed E-state index contributed by atoms with van der Waals surface area (Å²) in [5, 5.41) is 9.66. The predicted molar refractivity (Wildman–Crippen MR) is 99.2 cm³/mol. The molecule has 0 saturated carbocycles. The molecule has 0 amide bonds. The van der Waals surface area contributed by atoms with E-state index in [-0.39, 0.29) is 17.6 Å². The molecule has 0 spiro atoms. The van der Waals surface area contributed by atoms with E-state index in [2.05, 4.69) is 6.58 Å². The van der Waals surface area contributed by atoms with Crippen LogP contribution in [-0.4, -0.2) is 28.0 Å². The molecule has 3 rings (SSSR count). The van der Waals surface area contributed by atoms with Gasteiger partial charge in [-0.3, -0.25) is 0 Å². The molecule has 7 heteroatoms. The van der Waals surface area contributed by atoms with E-state index in [4.69, 9.17) is 0 Å². The van der Waals surface area contributed by atoms with Crippen LogP contribution >= 0.6 is 11.8 Å². The molecule has 1 aliphatic heterocycles. The van der Waals surface area contributed by atoms with Crippen molar-refractivity contribution in [2.75, 3.05) is 5.75 Å². The summed E-state index contributed by atoms with van der Waals surface area (Å²) < 4.78 is 52.3. The second-order valence-electron chi connectivity index (χ2n) is 7.22. The third-order valence-corrected chi connectivity index (χ3v) is 6.32. The average molecular weight is 399 g/mol. The van der Waals surface area contributed by atoms with Gasteiger partial charge in [0.05, 0.1) is 0 Å². The number of thioether (sulfide) groups is 1. The van der Waals surface area contributed by atoms with Crippen molar-refractivity contribution < 1.29 is 22.7 Å². The first kappa shape index (κ1) is 20.0. The second kappa shape index (κ2) is 7.02. The number of halogens is 4. The Hall–Kier alpha value is -1.73. The first-order valence-electron chi connectivity index (χ1n) is 8.52. The molecule has 1 N–H and O–H groups in total. The van der Waals surface area contributed by atoms with Crippen LogP contribution in [0.15, 0.2) is 60.0 Å². The number of allylic oxidation sites excluding steroid dienone is 2. The normalized spacial score (nSPS) is 27.4. The van der Waals surface area contributed by atoms with Crippen LogP contribution < -0.4 is 0 Å². The van der Waals surface area contributed by atoms with Gasteiger partial charge in [0, 0.05) is 22.6 Å². The third-order valence-electron chi connectivity index (χ3n) is 5.02. The van der Waals surface area contributed by atoms with Crippen LogP contribution in [0.2, 0.25) is 0 Å². The molecule has 0 bridgehead atoms. The Balaban J connectivity index is 1.90. The number of nitrogens with zero attached hydrogens (tertiary/aromatic N) is 1. The minimum absolute atomic E-state index is 0.0605. The molecule has 3 unspecified atom stereocenters. The van der Waals surface area contributed by atoms with Gasteiger partial charge >= 0.3 is 6.18 Å². The number of alkyl halides is 3.